The molecule has 3 atom stereocenters. The van der Waals surface area contributed by atoms with E-state index >= 15 is 0 Å². The molecule has 158 valence electrons. The van der Waals surface area contributed by atoms with Crippen molar-refractivity contribution in [2.45, 2.75) is 25.5 Å². The first-order valence-electron chi connectivity index (χ1n) is 10.4. The van der Waals surface area contributed by atoms with Gasteiger partial charge in [-0.25, -0.2) is 0 Å². The molecule has 2 aromatic carbocycles. The highest BCUT2D eigenvalue weighted by Gasteiger charge is 2.58. The summed E-state index contributed by atoms with van der Waals surface area (Å²) in [6, 6.07) is 17.9. The molecular formula is C25H24N2O3S. The van der Waals surface area contributed by atoms with Crippen LogP contribution in [0.5, 0.6) is 0 Å². The maximum absolute atomic E-state index is 14.1. The number of ketones is 1. The van der Waals surface area contributed by atoms with Crippen LogP contribution in [-0.2, 0) is 9.53 Å². The Kier molecular flexibility index (Phi) is 5.88. The number of aryl methyl sites for hydroxylation is 1. The molecule has 0 saturated carbocycles. The largest absolute Gasteiger partial charge is 0.466 e. The summed E-state index contributed by atoms with van der Waals surface area (Å²) in [5.41, 5.74) is 1.95. The van der Waals surface area contributed by atoms with Gasteiger partial charge in [0.25, 0.3) is 0 Å². The second kappa shape index (κ2) is 8.60. The van der Waals surface area contributed by atoms with E-state index in [2.05, 4.69) is 11.1 Å². The molecule has 4 rings (SSSR count). The van der Waals surface area contributed by atoms with Crippen molar-refractivity contribution in [2.75, 3.05) is 12.4 Å². The quantitative estimate of drug-likeness (QED) is 0.426. The molecule has 31 heavy (non-hydrogen) atoms. The minimum absolute atomic E-state index is 0.0465. The van der Waals surface area contributed by atoms with Gasteiger partial charge in [0.2, 0.25) is 0 Å². The molecule has 0 radical (unpaired) electrons. The maximum Gasteiger partial charge on any atom is 0.306 e. The Labute approximate surface area is 185 Å². The Morgan fingerprint density at radius 3 is 2.74 bits per heavy atom. The molecule has 5 nitrogen and oxygen atoms in total. The summed E-state index contributed by atoms with van der Waals surface area (Å²) >= 11 is 1.57. The van der Waals surface area contributed by atoms with Gasteiger partial charge in [0.05, 0.1) is 24.3 Å². The fraction of sp³-hybridized carbons (Fsp3) is 0.320. The number of nitriles is 1. The number of Topliss-reactive ketones (excluding diaryl/α,β-unsaturated/α-hetero) is 1. The Morgan fingerprint density at radius 1 is 1.26 bits per heavy atom. The molecule has 1 aliphatic heterocycles. The lowest BCUT2D eigenvalue weighted by molar-refractivity contribution is -0.144. The maximum atomic E-state index is 14.1. The summed E-state index contributed by atoms with van der Waals surface area (Å²) in [4.78, 5) is 29.6. The average molecular weight is 433 g/mol. The van der Waals surface area contributed by atoms with Gasteiger partial charge >= 0.3 is 5.97 Å². The number of fused-ring (bicyclic) bond motifs is 1. The van der Waals surface area contributed by atoms with Crippen LogP contribution in [0.2, 0.25) is 0 Å². The van der Waals surface area contributed by atoms with Gasteiger partial charge in [-0.2, -0.15) is 17.0 Å². The third-order valence-electron chi connectivity index (χ3n) is 5.98. The van der Waals surface area contributed by atoms with E-state index in [0.717, 1.165) is 22.0 Å². The van der Waals surface area contributed by atoms with Crippen molar-refractivity contribution in [1.29, 1.82) is 5.26 Å². The van der Waals surface area contributed by atoms with Gasteiger partial charge in [0.15, 0.2) is 5.78 Å². The third-order valence-corrected chi connectivity index (χ3v) is 7.56. The second-order valence-electron chi connectivity index (χ2n) is 7.89. The summed E-state index contributed by atoms with van der Waals surface area (Å²) < 4.78 is 5.16. The first-order valence-corrected chi connectivity index (χ1v) is 11.4. The fourth-order valence-corrected chi connectivity index (χ4v) is 6.24. The lowest BCUT2D eigenvalue weighted by Crippen LogP contribution is -2.39. The van der Waals surface area contributed by atoms with E-state index in [-0.39, 0.29) is 30.0 Å². The molecule has 2 heterocycles. The zero-order valence-corrected chi connectivity index (χ0v) is 18.4. The van der Waals surface area contributed by atoms with E-state index in [4.69, 9.17) is 4.74 Å². The SMILES string of the molecule is CCOC(=O)C[C@@H]1CS[C@@H](c2ccccc2)[C@]1(C#N)C(=O)c1c[nH]c2ccc(C)cc12. The van der Waals surface area contributed by atoms with E-state index in [1.165, 1.54) is 0 Å². The number of H-pyrrole nitrogens is 1. The minimum Gasteiger partial charge on any atom is -0.466 e. The van der Waals surface area contributed by atoms with Crippen molar-refractivity contribution in [2.24, 2.45) is 11.3 Å². The van der Waals surface area contributed by atoms with Crippen molar-refractivity contribution in [3.63, 3.8) is 0 Å². The molecule has 1 aromatic heterocycles. The summed E-state index contributed by atoms with van der Waals surface area (Å²) in [6.07, 6.45) is 1.74. The number of aromatic nitrogens is 1. The normalized spacial score (nSPS) is 22.9. The van der Waals surface area contributed by atoms with Crippen LogP contribution in [0.3, 0.4) is 0 Å². The molecule has 0 amide bonds. The monoisotopic (exact) mass is 432 g/mol. The zero-order chi connectivity index (χ0) is 22.0. The highest BCUT2D eigenvalue weighted by Crippen LogP contribution is 2.59. The number of nitrogens with one attached hydrogen (secondary N) is 1. The summed E-state index contributed by atoms with van der Waals surface area (Å²) in [5.74, 6) is -0.503. The van der Waals surface area contributed by atoms with Gasteiger partial charge in [-0.15, -0.1) is 0 Å². The van der Waals surface area contributed by atoms with Crippen LogP contribution in [0.4, 0.5) is 0 Å². The number of esters is 1. The Balaban J connectivity index is 1.84. The molecule has 1 saturated heterocycles. The minimum atomic E-state index is -1.36. The topological polar surface area (TPSA) is 82.9 Å². The third kappa shape index (κ3) is 3.64. The van der Waals surface area contributed by atoms with Crippen LogP contribution < -0.4 is 0 Å². The fourth-order valence-electron chi connectivity index (χ4n) is 4.47. The Morgan fingerprint density at radius 2 is 2.03 bits per heavy atom. The van der Waals surface area contributed by atoms with Crippen LogP contribution in [0.25, 0.3) is 10.9 Å². The predicted molar refractivity (Wildman–Crippen MR) is 122 cm³/mol. The number of thioether (sulfide) groups is 1. The zero-order valence-electron chi connectivity index (χ0n) is 17.6. The number of rotatable bonds is 6. The van der Waals surface area contributed by atoms with Crippen molar-refractivity contribution >= 4 is 34.4 Å². The molecule has 3 aromatic rings. The molecule has 1 aliphatic rings. The van der Waals surface area contributed by atoms with Crippen LogP contribution in [-0.4, -0.2) is 29.1 Å². The molecule has 1 fully saturated rings. The number of benzene rings is 2. The van der Waals surface area contributed by atoms with Crippen molar-refractivity contribution in [3.8, 4) is 6.07 Å². The van der Waals surface area contributed by atoms with Gasteiger partial charge < -0.3 is 9.72 Å². The van der Waals surface area contributed by atoms with Crippen molar-refractivity contribution in [3.05, 3.63) is 71.4 Å². The number of hydrogen-bond acceptors (Lipinski definition) is 5. The molecule has 0 aliphatic carbocycles. The molecule has 0 spiro atoms. The van der Waals surface area contributed by atoms with Crippen LogP contribution >= 0.6 is 11.8 Å². The summed E-state index contributed by atoms with van der Waals surface area (Å²) in [5, 5.41) is 11.0. The van der Waals surface area contributed by atoms with E-state index < -0.39 is 11.3 Å². The first-order chi connectivity index (χ1) is 15.0. The van der Waals surface area contributed by atoms with Gasteiger partial charge in [-0.3, -0.25) is 9.59 Å². The van der Waals surface area contributed by atoms with E-state index in [1.54, 1.807) is 24.9 Å². The summed E-state index contributed by atoms with van der Waals surface area (Å²) in [6.45, 7) is 4.00. The van der Waals surface area contributed by atoms with Crippen LogP contribution in [0, 0.1) is 29.6 Å². The van der Waals surface area contributed by atoms with E-state index in [1.807, 2.05) is 55.5 Å². The van der Waals surface area contributed by atoms with Gasteiger partial charge in [0, 0.05) is 28.6 Å². The molecular weight excluding hydrogens is 408 g/mol. The highest BCUT2D eigenvalue weighted by molar-refractivity contribution is 7.99. The standard InChI is InChI=1S/C25H24N2O3S/c1-3-30-22(28)12-18-14-31-24(17-7-5-4-6-8-17)25(18,15-26)23(29)20-13-27-21-10-9-16(2)11-19(20)21/h4-11,13,18,24,27H,3,12,14H2,1-2H3/t18-,24+,25+/m1/s1. The number of carbonyl (C=O) groups is 2. The van der Waals surface area contributed by atoms with Crippen LogP contribution in [0.15, 0.2) is 54.7 Å². The number of nitrogens with zero attached hydrogens (tertiary/aromatic N) is 1. The van der Waals surface area contributed by atoms with Crippen molar-refractivity contribution in [1.82, 2.24) is 4.98 Å². The second-order valence-corrected chi connectivity index (χ2v) is 9.03. The Bertz CT molecular complexity index is 1160. The van der Waals surface area contributed by atoms with Gasteiger partial charge in [-0.05, 0) is 37.3 Å². The van der Waals surface area contributed by atoms with E-state index in [9.17, 15) is 14.9 Å². The lowest BCUT2D eigenvalue weighted by atomic mass is 9.67. The molecule has 0 unspecified atom stereocenters. The smallest absolute Gasteiger partial charge is 0.306 e. The lowest BCUT2D eigenvalue weighted by Gasteiger charge is -2.31. The van der Waals surface area contributed by atoms with Gasteiger partial charge in [-0.1, -0.05) is 42.0 Å². The summed E-state index contributed by atoms with van der Waals surface area (Å²) in [7, 11) is 0. The number of ether oxygens (including phenoxy) is 1. The highest BCUT2D eigenvalue weighted by atomic mass is 32.2. The van der Waals surface area contributed by atoms with Crippen LogP contribution in [0.1, 0.15) is 40.1 Å². The van der Waals surface area contributed by atoms with E-state index in [0.29, 0.717) is 11.3 Å². The molecule has 1 N–H and O–H groups in total. The molecule has 0 bridgehead atoms. The number of aromatic amines is 1. The number of carbonyl (C=O) groups excluding carboxylic acids is 2. The Hall–Kier alpha value is -3.04. The number of hydrogen-bond donors (Lipinski definition) is 1. The molecule has 6 heteroatoms. The predicted octanol–water partition coefficient (Wildman–Crippen LogP) is 5.23. The van der Waals surface area contributed by atoms with Gasteiger partial charge in [0.1, 0.15) is 5.41 Å². The average Bonchev–Trinajstić information content (AvgIpc) is 3.35. The van der Waals surface area contributed by atoms with Crippen molar-refractivity contribution < 1.29 is 14.3 Å². The first kappa shape index (κ1) is 21.2.